The van der Waals surface area contributed by atoms with E-state index < -0.39 is 6.04 Å². The fourth-order valence-corrected chi connectivity index (χ4v) is 7.35. The van der Waals surface area contributed by atoms with Gasteiger partial charge in [0.1, 0.15) is 23.3 Å². The van der Waals surface area contributed by atoms with Crippen LogP contribution in [0.1, 0.15) is 24.1 Å². The number of thiazole rings is 1. The Balaban J connectivity index is 1.73. The van der Waals surface area contributed by atoms with Crippen LogP contribution in [0.5, 0.6) is 17.2 Å². The largest absolute Gasteiger partial charge is 0.506 e. The van der Waals surface area contributed by atoms with Crippen LogP contribution in [0.25, 0.3) is 6.08 Å². The van der Waals surface area contributed by atoms with E-state index >= 15 is 0 Å². The molecule has 1 aliphatic rings. The maximum Gasteiger partial charge on any atom is 0.271 e. The molecule has 0 spiro atoms. The zero-order valence-corrected chi connectivity index (χ0v) is 26.7. The van der Waals surface area contributed by atoms with Crippen molar-refractivity contribution in [2.75, 3.05) is 19.5 Å². The number of amides is 1. The molecule has 0 unspecified atom stereocenters. The number of aromatic hydroxyl groups is 1. The van der Waals surface area contributed by atoms with E-state index in [4.69, 9.17) is 14.5 Å². The van der Waals surface area contributed by atoms with Gasteiger partial charge in [-0.25, -0.2) is 4.99 Å². The number of nitrogens with one attached hydrogen (secondary N) is 1. The summed E-state index contributed by atoms with van der Waals surface area (Å²) in [5.74, 6) is 0.894. The third-order valence-electron chi connectivity index (χ3n) is 6.37. The molecule has 5 rings (SSSR count). The first kappa shape index (κ1) is 28.4. The predicted molar refractivity (Wildman–Crippen MR) is 172 cm³/mol. The number of para-hydroxylation sites is 1. The van der Waals surface area contributed by atoms with Gasteiger partial charge < -0.3 is 19.9 Å². The number of methoxy groups -OCH3 is 2. The smallest absolute Gasteiger partial charge is 0.271 e. The van der Waals surface area contributed by atoms with E-state index in [2.05, 4.69) is 50.5 Å². The van der Waals surface area contributed by atoms with E-state index in [1.165, 1.54) is 18.4 Å². The molecular weight excluding hydrogens is 756 g/mol. The van der Waals surface area contributed by atoms with Crippen LogP contribution in [0.2, 0.25) is 0 Å². The summed E-state index contributed by atoms with van der Waals surface area (Å²) in [5, 5.41) is 13.1. The quantitative estimate of drug-likeness (QED) is 0.274. The molecule has 0 aliphatic carbocycles. The number of carbonyl (C=O) groups excluding carboxylic acids is 1. The average molecular weight is 779 g/mol. The van der Waals surface area contributed by atoms with Gasteiger partial charge in [-0.2, -0.15) is 0 Å². The van der Waals surface area contributed by atoms with Crippen molar-refractivity contribution in [2.45, 2.75) is 13.0 Å². The molecule has 8 nitrogen and oxygen atoms in total. The fraction of sp³-hybridized carbons (Fsp3) is 0.138. The number of carbonyl (C=O) groups is 1. The second-order valence-electron chi connectivity index (χ2n) is 8.84. The minimum absolute atomic E-state index is 0.205. The van der Waals surface area contributed by atoms with E-state index in [9.17, 15) is 14.7 Å². The first-order valence-corrected chi connectivity index (χ1v) is 15.0. The molecule has 1 aromatic heterocycles. The van der Waals surface area contributed by atoms with Crippen molar-refractivity contribution in [1.29, 1.82) is 0 Å². The third kappa shape index (κ3) is 5.41. The number of phenols is 1. The molecule has 1 amide bonds. The molecule has 1 aliphatic heterocycles. The van der Waals surface area contributed by atoms with E-state index in [1.807, 2.05) is 30.3 Å². The Kier molecular flexibility index (Phi) is 8.33. The van der Waals surface area contributed by atoms with E-state index in [0.717, 1.165) is 5.56 Å². The molecule has 4 aromatic rings. The number of phenolic OH excluding ortho intramolecular Hbond substituents is 1. The molecule has 0 fully saturated rings. The van der Waals surface area contributed by atoms with Crippen LogP contribution in [0.3, 0.4) is 0 Å². The second kappa shape index (κ2) is 11.7. The van der Waals surface area contributed by atoms with E-state index in [-0.39, 0.29) is 17.2 Å². The van der Waals surface area contributed by atoms with Crippen molar-refractivity contribution >= 4 is 74.2 Å². The Hall–Kier alpha value is -3.17. The molecule has 2 N–H and O–H groups in total. The summed E-state index contributed by atoms with van der Waals surface area (Å²) in [6.07, 6.45) is 1.78. The zero-order valence-electron chi connectivity index (χ0n) is 21.6. The van der Waals surface area contributed by atoms with Gasteiger partial charge in [-0.15, -0.1) is 0 Å². The maximum absolute atomic E-state index is 14.0. The highest BCUT2D eigenvalue weighted by Crippen LogP contribution is 2.37. The number of nitrogens with zero attached hydrogens (tertiary/aromatic N) is 2. The summed E-state index contributed by atoms with van der Waals surface area (Å²) in [7, 11) is 3.10. The minimum atomic E-state index is -0.803. The van der Waals surface area contributed by atoms with Gasteiger partial charge in [-0.1, -0.05) is 29.5 Å². The van der Waals surface area contributed by atoms with Gasteiger partial charge in [-0.05, 0) is 100 Å². The molecular formula is C29H23I2N3O5S. The molecule has 0 radical (unpaired) electrons. The van der Waals surface area contributed by atoms with Crippen molar-refractivity contribution in [2.24, 2.45) is 4.99 Å². The lowest BCUT2D eigenvalue weighted by Crippen LogP contribution is -2.40. The van der Waals surface area contributed by atoms with Gasteiger partial charge in [0.05, 0.1) is 37.2 Å². The summed E-state index contributed by atoms with van der Waals surface area (Å²) in [6, 6.07) is 17.3. The number of halogens is 2. The number of hydrogen-bond acceptors (Lipinski definition) is 7. The number of aromatic nitrogens is 1. The lowest BCUT2D eigenvalue weighted by Gasteiger charge is -2.26. The van der Waals surface area contributed by atoms with Crippen LogP contribution in [0.15, 0.2) is 81.7 Å². The Morgan fingerprint density at radius 3 is 2.42 bits per heavy atom. The lowest BCUT2D eigenvalue weighted by molar-refractivity contribution is -0.113. The lowest BCUT2D eigenvalue weighted by atomic mass is 9.94. The summed E-state index contributed by atoms with van der Waals surface area (Å²) >= 11 is 5.37. The van der Waals surface area contributed by atoms with Gasteiger partial charge in [-0.3, -0.25) is 14.2 Å². The Morgan fingerprint density at radius 1 is 1.07 bits per heavy atom. The first-order valence-electron chi connectivity index (χ1n) is 12.0. The maximum atomic E-state index is 14.0. The SMILES string of the molecule is COc1ccc([C@H]2C(C(=O)Nc3ccccc3)=C(C)N=c3s/c(=C\c4cc(I)c(O)c(I)c4)c(=O)n32)c(OC)c1. The van der Waals surface area contributed by atoms with Crippen molar-refractivity contribution in [3.63, 3.8) is 0 Å². The molecule has 0 saturated carbocycles. The molecule has 3 aromatic carbocycles. The number of rotatable bonds is 6. The zero-order chi connectivity index (χ0) is 28.6. The van der Waals surface area contributed by atoms with Crippen LogP contribution in [0.4, 0.5) is 5.69 Å². The van der Waals surface area contributed by atoms with Crippen LogP contribution in [0, 0.1) is 7.14 Å². The number of ether oxygens (including phenoxy) is 2. The topological polar surface area (TPSA) is 102 Å². The highest BCUT2D eigenvalue weighted by atomic mass is 127. The van der Waals surface area contributed by atoms with Gasteiger partial charge in [0.2, 0.25) is 0 Å². The number of anilines is 1. The van der Waals surface area contributed by atoms with Gasteiger partial charge in [0.25, 0.3) is 11.5 Å². The summed E-state index contributed by atoms with van der Waals surface area (Å²) in [4.78, 5) is 32.9. The third-order valence-corrected chi connectivity index (χ3v) is 9.00. The van der Waals surface area contributed by atoms with Crippen LogP contribution in [-0.2, 0) is 4.79 Å². The second-order valence-corrected chi connectivity index (χ2v) is 12.2. The highest BCUT2D eigenvalue weighted by molar-refractivity contribution is 14.1. The molecule has 2 heterocycles. The number of fused-ring (bicyclic) bond motifs is 1. The first-order chi connectivity index (χ1) is 19.2. The van der Waals surface area contributed by atoms with Gasteiger partial charge in [0, 0.05) is 17.3 Å². The molecule has 0 bridgehead atoms. The summed E-state index contributed by atoms with van der Waals surface area (Å²) in [5.41, 5.74) is 2.56. The molecule has 1 atom stereocenters. The number of hydrogen-bond donors (Lipinski definition) is 2. The van der Waals surface area contributed by atoms with Crippen molar-refractivity contribution < 1.29 is 19.4 Å². The Labute approximate surface area is 261 Å². The minimum Gasteiger partial charge on any atom is -0.506 e. The number of benzene rings is 3. The van der Waals surface area contributed by atoms with Gasteiger partial charge >= 0.3 is 0 Å². The fourth-order valence-electron chi connectivity index (χ4n) is 4.49. The van der Waals surface area contributed by atoms with Crippen LogP contribution < -0.4 is 29.7 Å². The number of allylic oxidation sites excluding steroid dienone is 1. The van der Waals surface area contributed by atoms with Crippen LogP contribution >= 0.6 is 56.5 Å². The summed E-state index contributed by atoms with van der Waals surface area (Å²) in [6.45, 7) is 1.77. The highest BCUT2D eigenvalue weighted by Gasteiger charge is 2.34. The Morgan fingerprint density at radius 2 is 1.77 bits per heavy atom. The Bertz CT molecular complexity index is 1820. The van der Waals surface area contributed by atoms with Crippen LogP contribution in [-0.4, -0.2) is 29.8 Å². The summed E-state index contributed by atoms with van der Waals surface area (Å²) < 4.78 is 14.4. The monoisotopic (exact) mass is 779 g/mol. The predicted octanol–water partition coefficient (Wildman–Crippen LogP) is 4.81. The molecule has 11 heteroatoms. The van der Waals surface area contributed by atoms with Crippen molar-refractivity contribution in [3.05, 3.63) is 110 Å². The van der Waals surface area contributed by atoms with Crippen molar-refractivity contribution in [3.8, 4) is 17.2 Å². The molecule has 40 heavy (non-hydrogen) atoms. The molecule has 0 saturated heterocycles. The standard InChI is InChI=1S/C29H23I2N3O5S/c1-15-24(27(36)33-17-7-5-4-6-8-17)25(19-10-9-18(38-2)14-22(19)39-3)34-28(37)23(40-29(34)32-15)13-16-11-20(30)26(35)21(31)12-16/h4-14,25,35H,1-3H3,(H,33,36)/b23-13-/t25-/m0/s1. The average Bonchev–Trinajstić information content (AvgIpc) is 3.24. The molecule has 204 valence electrons. The van der Waals surface area contributed by atoms with Crippen molar-refractivity contribution in [1.82, 2.24) is 4.57 Å². The van der Waals surface area contributed by atoms with E-state index in [1.54, 1.807) is 55.0 Å². The normalized spacial score (nSPS) is 14.9. The van der Waals surface area contributed by atoms with E-state index in [0.29, 0.717) is 50.5 Å². The van der Waals surface area contributed by atoms with Gasteiger partial charge in [0.15, 0.2) is 4.80 Å².